The number of hydrogen-bond acceptors (Lipinski definition) is 7. The van der Waals surface area contributed by atoms with Gasteiger partial charge in [0.15, 0.2) is 0 Å². The van der Waals surface area contributed by atoms with Gasteiger partial charge in [-0.15, -0.1) is 0 Å². The van der Waals surface area contributed by atoms with E-state index in [1.54, 1.807) is 25.1 Å². The minimum absolute atomic E-state index is 0.0613. The van der Waals surface area contributed by atoms with E-state index in [0.717, 1.165) is 40.6 Å². The Bertz CT molecular complexity index is 1640. The number of nitro groups is 1. The van der Waals surface area contributed by atoms with E-state index in [-0.39, 0.29) is 29.7 Å². The minimum atomic E-state index is -0.957. The minimum Gasteiger partial charge on any atom is -0.502 e. The van der Waals surface area contributed by atoms with E-state index in [2.05, 4.69) is 4.90 Å². The van der Waals surface area contributed by atoms with Crippen LogP contribution in [0.4, 0.5) is 15.8 Å². The number of nitrogens with zero attached hydrogens (tertiary/aromatic N) is 2. The number of rotatable bonds is 10. The average molecular weight is 583 g/mol. The average Bonchev–Trinajstić information content (AvgIpc) is 3.01. The molecule has 0 aromatic heterocycles. The number of esters is 1. The summed E-state index contributed by atoms with van der Waals surface area (Å²) in [5, 5.41) is 22.1. The number of benzene rings is 4. The van der Waals surface area contributed by atoms with Gasteiger partial charge in [0.2, 0.25) is 5.76 Å². The third kappa shape index (κ3) is 7.01. The lowest BCUT2D eigenvalue weighted by atomic mass is 9.87. The highest BCUT2D eigenvalue weighted by molar-refractivity contribution is 5.91. The summed E-state index contributed by atoms with van der Waals surface area (Å²) in [6.07, 6.45) is 2.20. The van der Waals surface area contributed by atoms with Gasteiger partial charge in [-0.2, -0.15) is 0 Å². The Morgan fingerprint density at radius 2 is 1.81 bits per heavy atom. The molecule has 0 saturated heterocycles. The summed E-state index contributed by atoms with van der Waals surface area (Å²) in [6.45, 7) is 2.76. The quantitative estimate of drug-likeness (QED) is 0.0698. The third-order valence-corrected chi connectivity index (χ3v) is 7.38. The fourth-order valence-corrected chi connectivity index (χ4v) is 5.31. The number of hydrogen-bond donors (Lipinski definition) is 1. The molecular formula is C34H31FN2O6. The van der Waals surface area contributed by atoms with Crippen LogP contribution >= 0.6 is 0 Å². The van der Waals surface area contributed by atoms with E-state index in [0.29, 0.717) is 25.1 Å². The van der Waals surface area contributed by atoms with Gasteiger partial charge in [0.25, 0.3) is 5.69 Å². The van der Waals surface area contributed by atoms with E-state index in [1.807, 2.05) is 48.5 Å². The smallest absolute Gasteiger partial charge is 0.373 e. The molecule has 0 spiro atoms. The molecule has 9 heteroatoms. The van der Waals surface area contributed by atoms with Crippen LogP contribution in [0.3, 0.4) is 0 Å². The lowest BCUT2D eigenvalue weighted by Gasteiger charge is -2.39. The largest absolute Gasteiger partial charge is 0.502 e. The maximum atomic E-state index is 13.8. The lowest BCUT2D eigenvalue weighted by molar-refractivity contribution is -0.385. The first-order valence-corrected chi connectivity index (χ1v) is 14.0. The van der Waals surface area contributed by atoms with Gasteiger partial charge in [-0.25, -0.2) is 9.18 Å². The number of halogens is 1. The number of fused-ring (bicyclic) bond motifs is 1. The molecular weight excluding hydrogens is 551 g/mol. The number of nitro benzene ring substituents is 1. The Morgan fingerprint density at radius 3 is 2.53 bits per heavy atom. The van der Waals surface area contributed by atoms with Crippen molar-refractivity contribution in [1.82, 2.24) is 0 Å². The summed E-state index contributed by atoms with van der Waals surface area (Å²) in [4.78, 5) is 25.5. The highest BCUT2D eigenvalue weighted by Gasteiger charge is 2.29. The second-order valence-corrected chi connectivity index (χ2v) is 10.2. The van der Waals surface area contributed by atoms with Crippen LogP contribution in [0, 0.1) is 15.9 Å². The molecule has 1 aliphatic rings. The van der Waals surface area contributed by atoms with Gasteiger partial charge in [-0.1, -0.05) is 42.5 Å². The second kappa shape index (κ2) is 13.2. The maximum Gasteiger partial charge on any atom is 0.373 e. The molecule has 43 heavy (non-hydrogen) atoms. The monoisotopic (exact) mass is 582 g/mol. The summed E-state index contributed by atoms with van der Waals surface area (Å²) in [5.41, 5.74) is 4.60. The molecule has 4 aromatic rings. The van der Waals surface area contributed by atoms with Crippen LogP contribution in [0.5, 0.6) is 5.75 Å². The Morgan fingerprint density at radius 1 is 1.05 bits per heavy atom. The van der Waals surface area contributed by atoms with Crippen LogP contribution in [-0.2, 0) is 29.0 Å². The van der Waals surface area contributed by atoms with Crippen LogP contribution in [0.25, 0.3) is 6.08 Å². The topological polar surface area (TPSA) is 102 Å². The molecule has 1 unspecified atom stereocenters. The van der Waals surface area contributed by atoms with Crippen molar-refractivity contribution in [3.63, 3.8) is 0 Å². The van der Waals surface area contributed by atoms with Crippen molar-refractivity contribution in [1.29, 1.82) is 0 Å². The van der Waals surface area contributed by atoms with Gasteiger partial charge in [0.05, 0.1) is 23.1 Å². The Hall–Kier alpha value is -5.18. The van der Waals surface area contributed by atoms with Gasteiger partial charge < -0.3 is 19.5 Å². The van der Waals surface area contributed by atoms with Crippen molar-refractivity contribution >= 4 is 23.4 Å². The zero-order chi connectivity index (χ0) is 30.3. The predicted molar refractivity (Wildman–Crippen MR) is 161 cm³/mol. The fraction of sp³-hybridized carbons (Fsp3) is 0.206. The molecule has 0 aliphatic carbocycles. The van der Waals surface area contributed by atoms with Crippen LogP contribution in [0.1, 0.15) is 40.8 Å². The van der Waals surface area contributed by atoms with Gasteiger partial charge >= 0.3 is 5.97 Å². The second-order valence-electron chi connectivity index (χ2n) is 10.2. The maximum absolute atomic E-state index is 13.8. The summed E-state index contributed by atoms with van der Waals surface area (Å²) < 4.78 is 24.6. The van der Waals surface area contributed by atoms with Crippen LogP contribution in [-0.4, -0.2) is 29.2 Å². The fourth-order valence-electron chi connectivity index (χ4n) is 5.31. The molecule has 8 nitrogen and oxygen atoms in total. The molecule has 0 bridgehead atoms. The zero-order valence-corrected chi connectivity index (χ0v) is 23.6. The van der Waals surface area contributed by atoms with E-state index >= 15 is 0 Å². The summed E-state index contributed by atoms with van der Waals surface area (Å²) >= 11 is 0. The first-order chi connectivity index (χ1) is 20.8. The molecule has 0 saturated carbocycles. The highest BCUT2D eigenvalue weighted by Crippen LogP contribution is 2.38. The van der Waals surface area contributed by atoms with Gasteiger partial charge in [-0.3, -0.25) is 10.1 Å². The van der Waals surface area contributed by atoms with Crippen LogP contribution in [0.2, 0.25) is 0 Å². The van der Waals surface area contributed by atoms with E-state index in [9.17, 15) is 24.4 Å². The Kier molecular flexibility index (Phi) is 9.00. The molecule has 0 radical (unpaired) electrons. The van der Waals surface area contributed by atoms with E-state index < -0.39 is 16.7 Å². The van der Waals surface area contributed by atoms with Crippen LogP contribution in [0.15, 0.2) is 96.8 Å². The number of carbonyl (C=O) groups is 1. The van der Waals surface area contributed by atoms with Gasteiger partial charge in [-0.05, 0) is 84.5 Å². The molecule has 1 heterocycles. The highest BCUT2D eigenvalue weighted by atomic mass is 19.1. The zero-order valence-electron chi connectivity index (χ0n) is 23.6. The predicted octanol–water partition coefficient (Wildman–Crippen LogP) is 7.12. The molecule has 4 aromatic carbocycles. The van der Waals surface area contributed by atoms with Crippen molar-refractivity contribution in [3.05, 3.63) is 141 Å². The Labute approximate surface area is 248 Å². The Balaban J connectivity index is 1.47. The van der Waals surface area contributed by atoms with Crippen molar-refractivity contribution in [2.24, 2.45) is 0 Å². The molecule has 1 atom stereocenters. The molecule has 1 aliphatic heterocycles. The lowest BCUT2D eigenvalue weighted by Crippen LogP contribution is -2.36. The number of carbonyl (C=O) groups excluding carboxylic acids is 1. The van der Waals surface area contributed by atoms with Crippen molar-refractivity contribution in [2.75, 3.05) is 18.1 Å². The van der Waals surface area contributed by atoms with Crippen molar-refractivity contribution < 1.29 is 28.7 Å². The molecule has 0 amide bonds. The van der Waals surface area contributed by atoms with E-state index in [4.69, 9.17) is 9.47 Å². The first-order valence-electron chi connectivity index (χ1n) is 14.0. The van der Waals surface area contributed by atoms with Crippen molar-refractivity contribution in [2.45, 2.75) is 32.4 Å². The van der Waals surface area contributed by atoms with Crippen LogP contribution < -0.4 is 9.64 Å². The number of aliphatic hydroxyl groups excluding tert-OH is 1. The first kappa shape index (κ1) is 29.3. The normalized spacial score (nSPS) is 14.6. The van der Waals surface area contributed by atoms with Crippen molar-refractivity contribution in [3.8, 4) is 5.75 Å². The summed E-state index contributed by atoms with van der Waals surface area (Å²) in [5.74, 6) is -1.25. The molecule has 5 rings (SSSR count). The number of ether oxygens (including phenoxy) is 2. The number of anilines is 1. The van der Waals surface area contributed by atoms with Gasteiger partial charge in [0.1, 0.15) is 18.2 Å². The van der Waals surface area contributed by atoms with Gasteiger partial charge in [0, 0.05) is 24.4 Å². The SMILES string of the molecule is CCOC(=O)/C(O)=C/c1ccc(CC2c3ccc(OCc4ccccc4)cc3CCN2c2ccc(F)cc2)cc1[N+](=O)[O-]. The number of aliphatic hydroxyl groups is 1. The standard InChI is InChI=1S/C34H31FN2O6/c1-2-42-34(39)33(38)21-26-9-8-24(18-31(26)37(40)41)19-32-30-15-14-29(43-22-23-6-4-3-5-7-23)20-25(30)16-17-36(32)28-12-10-27(35)11-13-28/h3-15,18,20-21,32,38H,2,16-17,19,22H2,1H3/b33-21-. The molecule has 0 fully saturated rings. The third-order valence-electron chi connectivity index (χ3n) is 7.38. The summed E-state index contributed by atoms with van der Waals surface area (Å²) in [6, 6.07) is 26.7. The molecule has 220 valence electrons. The van der Waals surface area contributed by atoms with E-state index in [1.165, 1.54) is 24.3 Å². The molecule has 1 N–H and O–H groups in total. The summed E-state index contributed by atoms with van der Waals surface area (Å²) in [7, 11) is 0.